The molecule has 1 unspecified atom stereocenters. The first-order chi connectivity index (χ1) is 18.0. The van der Waals surface area contributed by atoms with Crippen LogP contribution in [0.25, 0.3) is 0 Å². The third-order valence-electron chi connectivity index (χ3n) is 6.51. The quantitative estimate of drug-likeness (QED) is 0.302. The van der Waals surface area contributed by atoms with Crippen LogP contribution in [0.4, 0.5) is 5.13 Å². The van der Waals surface area contributed by atoms with Crippen molar-refractivity contribution in [2.24, 2.45) is 5.92 Å². The molecule has 3 N–H and O–H groups in total. The molecule has 1 saturated heterocycles. The van der Waals surface area contributed by atoms with E-state index in [-0.39, 0.29) is 39.2 Å². The van der Waals surface area contributed by atoms with Gasteiger partial charge in [0.05, 0.1) is 11.7 Å². The van der Waals surface area contributed by atoms with Gasteiger partial charge in [-0.3, -0.25) is 14.5 Å². The van der Waals surface area contributed by atoms with Crippen LogP contribution in [0.3, 0.4) is 0 Å². The maximum Gasteiger partial charge on any atom is 0.252 e. The first-order valence-electron chi connectivity index (χ1n) is 13.4. The molecule has 1 aromatic heterocycles. The van der Waals surface area contributed by atoms with E-state index in [4.69, 9.17) is 0 Å². The molecule has 2 aromatic rings. The van der Waals surface area contributed by atoms with Crippen LogP contribution in [0.5, 0.6) is 0 Å². The van der Waals surface area contributed by atoms with Gasteiger partial charge in [-0.25, -0.2) is 18.1 Å². The first-order valence-corrected chi connectivity index (χ1v) is 15.7. The highest BCUT2D eigenvalue weighted by Gasteiger charge is 2.34. The van der Waals surface area contributed by atoms with E-state index in [1.165, 1.54) is 12.5 Å². The average molecular weight is 564 g/mol. The number of rotatable bonds is 14. The Labute approximate surface area is 230 Å². The second-order valence-electron chi connectivity index (χ2n) is 10.4. The largest absolute Gasteiger partial charge is 0.355 e. The number of nitrogens with one attached hydrogen (secondary N) is 3. The summed E-state index contributed by atoms with van der Waals surface area (Å²) in [6, 6.07) is 9.73. The van der Waals surface area contributed by atoms with Crippen molar-refractivity contribution in [1.29, 1.82) is 0 Å². The topological polar surface area (TPSA) is 120 Å². The molecule has 0 aliphatic carbocycles. The summed E-state index contributed by atoms with van der Waals surface area (Å²) in [6.45, 7) is 8.94. The molecule has 9 nitrogen and oxygen atoms in total. The van der Waals surface area contributed by atoms with Crippen LogP contribution in [0, 0.1) is 12.8 Å². The first kappa shape index (κ1) is 30.2. The monoisotopic (exact) mass is 563 g/mol. The Morgan fingerprint density at radius 2 is 1.92 bits per heavy atom. The summed E-state index contributed by atoms with van der Waals surface area (Å²) < 4.78 is 29.5. The van der Waals surface area contributed by atoms with Crippen LogP contribution in [0.1, 0.15) is 64.1 Å². The van der Waals surface area contributed by atoms with Crippen molar-refractivity contribution in [2.75, 3.05) is 25.0 Å². The lowest BCUT2D eigenvalue weighted by Crippen LogP contribution is -2.50. The number of amides is 2. The van der Waals surface area contributed by atoms with Crippen LogP contribution < -0.4 is 15.4 Å². The Morgan fingerprint density at radius 1 is 1.18 bits per heavy atom. The van der Waals surface area contributed by atoms with Crippen molar-refractivity contribution in [1.82, 2.24) is 19.9 Å². The molecule has 1 fully saturated rings. The normalized spacial score (nSPS) is 17.0. The molecule has 0 bridgehead atoms. The molecule has 0 spiro atoms. The van der Waals surface area contributed by atoms with E-state index in [0.29, 0.717) is 25.2 Å². The van der Waals surface area contributed by atoms with Crippen molar-refractivity contribution in [3.05, 3.63) is 41.6 Å². The minimum absolute atomic E-state index is 0.0200. The molecule has 3 rings (SSSR count). The van der Waals surface area contributed by atoms with E-state index in [1.807, 2.05) is 18.2 Å². The van der Waals surface area contributed by atoms with E-state index in [0.717, 1.165) is 50.0 Å². The number of hydrogen-bond donors (Lipinski definition) is 3. The fraction of sp³-hybridized carbons (Fsp3) is 0.593. The molecule has 210 valence electrons. The molecule has 1 aromatic carbocycles. The molecular weight excluding hydrogens is 522 g/mol. The zero-order chi connectivity index (χ0) is 27.7. The third kappa shape index (κ3) is 9.14. The summed E-state index contributed by atoms with van der Waals surface area (Å²) >= 11 is 0.944. The summed E-state index contributed by atoms with van der Waals surface area (Å²) in [4.78, 5) is 30.7. The second-order valence-corrected chi connectivity index (χ2v) is 13.3. The number of carbonyl (C=O) groups excluding carboxylic acids is 2. The van der Waals surface area contributed by atoms with Gasteiger partial charge < -0.3 is 10.6 Å². The average Bonchev–Trinajstić information content (AvgIpc) is 3.44. The van der Waals surface area contributed by atoms with E-state index in [9.17, 15) is 18.0 Å². The van der Waals surface area contributed by atoms with Gasteiger partial charge in [-0.2, -0.15) is 0 Å². The fourth-order valence-electron chi connectivity index (χ4n) is 4.89. The van der Waals surface area contributed by atoms with E-state index < -0.39 is 10.0 Å². The summed E-state index contributed by atoms with van der Waals surface area (Å²) in [6.07, 6.45) is 5.23. The molecule has 38 heavy (non-hydrogen) atoms. The van der Waals surface area contributed by atoms with Crippen molar-refractivity contribution in [2.45, 2.75) is 82.5 Å². The van der Waals surface area contributed by atoms with Crippen LogP contribution in [-0.4, -0.2) is 61.8 Å². The van der Waals surface area contributed by atoms with Gasteiger partial charge in [0.1, 0.15) is 0 Å². The lowest BCUT2D eigenvalue weighted by molar-refractivity contribution is -0.125. The van der Waals surface area contributed by atoms with Gasteiger partial charge in [-0.1, -0.05) is 55.5 Å². The number of sulfonamides is 1. The highest BCUT2D eigenvalue weighted by molar-refractivity contribution is 7.91. The summed E-state index contributed by atoms with van der Waals surface area (Å²) in [5.41, 5.74) is 1.65. The summed E-state index contributed by atoms with van der Waals surface area (Å²) in [5.74, 6) is -0.0193. The molecular formula is C27H41N5O4S2. The Kier molecular flexibility index (Phi) is 11.3. The van der Waals surface area contributed by atoms with Gasteiger partial charge >= 0.3 is 0 Å². The number of benzene rings is 1. The summed E-state index contributed by atoms with van der Waals surface area (Å²) in [7, 11) is -3.85. The molecule has 0 radical (unpaired) electrons. The van der Waals surface area contributed by atoms with Crippen molar-refractivity contribution >= 4 is 38.3 Å². The predicted molar refractivity (Wildman–Crippen MR) is 152 cm³/mol. The number of nitrogens with zero attached hydrogens (tertiary/aromatic N) is 2. The number of unbranched alkanes of at least 4 members (excludes halogenated alkanes) is 1. The Bertz CT molecular complexity index is 1170. The zero-order valence-corrected chi connectivity index (χ0v) is 24.5. The molecule has 2 atom stereocenters. The zero-order valence-electron chi connectivity index (χ0n) is 22.8. The van der Waals surface area contributed by atoms with E-state index in [1.54, 1.807) is 6.92 Å². The minimum Gasteiger partial charge on any atom is -0.355 e. The lowest BCUT2D eigenvalue weighted by atomic mass is 10.0. The van der Waals surface area contributed by atoms with Crippen molar-refractivity contribution in [3.8, 4) is 0 Å². The number of aryl methyl sites for hydroxylation is 2. The smallest absolute Gasteiger partial charge is 0.252 e. The highest BCUT2D eigenvalue weighted by atomic mass is 32.2. The Balaban J connectivity index is 1.57. The predicted octanol–water partition coefficient (Wildman–Crippen LogP) is 3.71. The van der Waals surface area contributed by atoms with Crippen molar-refractivity contribution < 1.29 is 18.0 Å². The number of carbonyl (C=O) groups is 2. The lowest BCUT2D eigenvalue weighted by Gasteiger charge is -2.29. The minimum atomic E-state index is -3.85. The van der Waals surface area contributed by atoms with Gasteiger partial charge in [0.25, 0.3) is 10.0 Å². The molecule has 0 saturated carbocycles. The number of aromatic nitrogens is 1. The second kappa shape index (κ2) is 14.2. The van der Waals surface area contributed by atoms with Gasteiger partial charge in [-0.15, -0.1) is 0 Å². The maximum atomic E-state index is 13.3. The number of hydrogen-bond acceptors (Lipinski definition) is 7. The van der Waals surface area contributed by atoms with Crippen LogP contribution in [0.15, 0.2) is 34.5 Å². The van der Waals surface area contributed by atoms with Gasteiger partial charge in [0, 0.05) is 26.1 Å². The van der Waals surface area contributed by atoms with E-state index in [2.05, 4.69) is 51.2 Å². The standard InChI is InChI=1S/C27H41N5O4S2/c1-19(2)17-23(31-38(35,36)26-20(3)29-27(37-26)30-21(4)33)18-32-16-10-14-24(32)25(34)28-15-9-8-13-22-11-6-5-7-12-22/h5-7,11-12,19,23-24,31H,8-10,13-18H2,1-4H3,(H,28,34)(H,29,30,33)/t23?,24-/m0/s1. The summed E-state index contributed by atoms with van der Waals surface area (Å²) in [5, 5.41) is 5.91. The number of thiazole rings is 1. The molecule has 11 heteroatoms. The van der Waals surface area contributed by atoms with Crippen LogP contribution in [0.2, 0.25) is 0 Å². The Hall–Kier alpha value is -2.34. The van der Waals surface area contributed by atoms with E-state index >= 15 is 0 Å². The third-order valence-corrected chi connectivity index (χ3v) is 9.72. The van der Waals surface area contributed by atoms with Gasteiger partial charge in [-0.05, 0) is 63.5 Å². The van der Waals surface area contributed by atoms with Crippen LogP contribution >= 0.6 is 11.3 Å². The van der Waals surface area contributed by atoms with Gasteiger partial charge in [0.15, 0.2) is 9.34 Å². The molecule has 1 aliphatic heterocycles. The SMILES string of the molecule is CC(=O)Nc1nc(C)c(S(=O)(=O)NC(CC(C)C)CN2CCC[C@H]2C(=O)NCCCCc2ccccc2)s1. The fourth-order valence-corrected chi connectivity index (χ4v) is 7.61. The molecule has 1 aliphatic rings. The maximum absolute atomic E-state index is 13.3. The number of anilines is 1. The molecule has 2 heterocycles. The Morgan fingerprint density at radius 3 is 2.61 bits per heavy atom. The van der Waals surface area contributed by atoms with Crippen LogP contribution in [-0.2, 0) is 26.0 Å². The number of likely N-dealkylation sites (tertiary alicyclic amines) is 1. The highest BCUT2D eigenvalue weighted by Crippen LogP contribution is 2.28. The van der Waals surface area contributed by atoms with Crippen molar-refractivity contribution in [3.63, 3.8) is 0 Å². The van der Waals surface area contributed by atoms with Gasteiger partial charge in [0.2, 0.25) is 11.8 Å². The molecule has 2 amide bonds.